The minimum Gasteiger partial charge on any atom is -0.338 e. The summed E-state index contributed by atoms with van der Waals surface area (Å²) in [5, 5.41) is 0.651. The van der Waals surface area contributed by atoms with Crippen molar-refractivity contribution < 1.29 is 9.18 Å². The average molecular weight is 396 g/mol. The Morgan fingerprint density at radius 1 is 1.14 bits per heavy atom. The van der Waals surface area contributed by atoms with Gasteiger partial charge in [0.25, 0.3) is 5.91 Å². The van der Waals surface area contributed by atoms with Crippen molar-refractivity contribution in [2.45, 2.75) is 18.8 Å². The zero-order valence-corrected chi connectivity index (χ0v) is 15.9. The van der Waals surface area contributed by atoms with Crippen LogP contribution in [0.5, 0.6) is 0 Å². The molecule has 28 heavy (non-hydrogen) atoms. The lowest BCUT2D eigenvalue weighted by Gasteiger charge is -2.32. The number of halogens is 2. The monoisotopic (exact) mass is 395 g/mol. The number of hydrogen-bond acceptors (Lipinski definition) is 3. The average Bonchev–Trinajstić information content (AvgIpc) is 2.74. The van der Waals surface area contributed by atoms with E-state index >= 15 is 0 Å². The fourth-order valence-corrected chi connectivity index (χ4v) is 3.73. The number of hydrogen-bond donors (Lipinski definition) is 0. The maximum atomic E-state index is 13.1. The summed E-state index contributed by atoms with van der Waals surface area (Å²) < 4.78 is 13.1. The van der Waals surface area contributed by atoms with Crippen LogP contribution < -0.4 is 0 Å². The van der Waals surface area contributed by atoms with Crippen molar-refractivity contribution in [3.8, 4) is 11.3 Å². The van der Waals surface area contributed by atoms with Crippen molar-refractivity contribution in [1.82, 2.24) is 14.9 Å². The highest BCUT2D eigenvalue weighted by Crippen LogP contribution is 2.28. The molecule has 0 N–H and O–H groups in total. The van der Waals surface area contributed by atoms with Crippen LogP contribution in [0.25, 0.3) is 11.3 Å². The van der Waals surface area contributed by atoms with E-state index in [0.29, 0.717) is 23.7 Å². The molecule has 4 rings (SSSR count). The number of carbonyl (C=O) groups is 1. The zero-order valence-electron chi connectivity index (χ0n) is 15.2. The normalized spacial score (nSPS) is 16.8. The number of benzene rings is 2. The predicted octanol–water partition coefficient (Wildman–Crippen LogP) is 4.96. The first kappa shape index (κ1) is 18.6. The van der Waals surface area contributed by atoms with Gasteiger partial charge in [-0.1, -0.05) is 23.7 Å². The summed E-state index contributed by atoms with van der Waals surface area (Å²) in [6, 6.07) is 13.2. The summed E-state index contributed by atoms with van der Waals surface area (Å²) in [6.07, 6.45) is 5.32. The van der Waals surface area contributed by atoms with Crippen LogP contribution in [0.2, 0.25) is 5.02 Å². The molecule has 0 unspecified atom stereocenters. The van der Waals surface area contributed by atoms with Gasteiger partial charge in [-0.25, -0.2) is 9.37 Å². The number of amides is 1. The van der Waals surface area contributed by atoms with Crippen LogP contribution >= 0.6 is 11.6 Å². The molecule has 3 aromatic rings. The molecule has 2 aromatic carbocycles. The molecule has 1 fully saturated rings. The first-order valence-electron chi connectivity index (χ1n) is 9.23. The lowest BCUT2D eigenvalue weighted by molar-refractivity contribution is 0.0706. The smallest absolute Gasteiger partial charge is 0.253 e. The van der Waals surface area contributed by atoms with Gasteiger partial charge in [-0.15, -0.1) is 0 Å². The molecule has 1 aliphatic rings. The van der Waals surface area contributed by atoms with Crippen LogP contribution in [0.4, 0.5) is 4.39 Å². The molecule has 0 aliphatic carbocycles. The lowest BCUT2D eigenvalue weighted by Crippen LogP contribution is -2.39. The molecule has 4 nitrogen and oxygen atoms in total. The molecule has 0 radical (unpaired) electrons. The molecule has 0 spiro atoms. The van der Waals surface area contributed by atoms with Gasteiger partial charge in [0, 0.05) is 41.4 Å². The zero-order chi connectivity index (χ0) is 19.5. The van der Waals surface area contributed by atoms with Crippen molar-refractivity contribution in [3.05, 3.63) is 83.0 Å². The summed E-state index contributed by atoms with van der Waals surface area (Å²) in [7, 11) is 0. The van der Waals surface area contributed by atoms with Gasteiger partial charge in [-0.3, -0.25) is 9.78 Å². The largest absolute Gasteiger partial charge is 0.338 e. The minimum absolute atomic E-state index is 0.0799. The SMILES string of the molecule is O=C(c1ccc(F)cc1)N1CCC[C@H](c2cncc(-c3cccc(Cl)c3)n2)C1. The van der Waals surface area contributed by atoms with E-state index in [1.807, 2.05) is 29.2 Å². The second-order valence-corrected chi connectivity index (χ2v) is 7.37. The number of piperidine rings is 1. The van der Waals surface area contributed by atoms with Crippen LogP contribution in [0.15, 0.2) is 60.9 Å². The third-order valence-electron chi connectivity index (χ3n) is 4.99. The third kappa shape index (κ3) is 4.04. The standard InChI is InChI=1S/C22H19ClFN3O/c23-18-5-1-3-16(11-18)20-12-25-13-21(26-20)17-4-2-10-27(14-17)22(28)15-6-8-19(24)9-7-15/h1,3,5-9,11-13,17H,2,4,10,14H2/t17-/m0/s1. The Morgan fingerprint density at radius 3 is 2.75 bits per heavy atom. The van der Waals surface area contributed by atoms with Crippen LogP contribution in [-0.4, -0.2) is 33.9 Å². The van der Waals surface area contributed by atoms with Gasteiger partial charge in [0.2, 0.25) is 0 Å². The van der Waals surface area contributed by atoms with Crippen LogP contribution in [0.1, 0.15) is 34.8 Å². The molecule has 1 aromatic heterocycles. The second kappa shape index (κ2) is 8.07. The van der Waals surface area contributed by atoms with Crippen molar-refractivity contribution >= 4 is 17.5 Å². The Hall–Kier alpha value is -2.79. The van der Waals surface area contributed by atoms with Gasteiger partial charge in [0.05, 0.1) is 17.6 Å². The Kier molecular flexibility index (Phi) is 5.35. The van der Waals surface area contributed by atoms with Crippen molar-refractivity contribution in [2.24, 2.45) is 0 Å². The quantitative estimate of drug-likeness (QED) is 0.630. The van der Waals surface area contributed by atoms with Crippen molar-refractivity contribution in [1.29, 1.82) is 0 Å². The summed E-state index contributed by atoms with van der Waals surface area (Å²) in [6.45, 7) is 1.26. The van der Waals surface area contributed by atoms with E-state index in [1.54, 1.807) is 12.4 Å². The highest BCUT2D eigenvalue weighted by atomic mass is 35.5. The van der Waals surface area contributed by atoms with Crippen LogP contribution in [0, 0.1) is 5.82 Å². The number of nitrogens with zero attached hydrogens (tertiary/aromatic N) is 3. The molecule has 1 atom stereocenters. The Labute approximate surface area is 168 Å². The first-order chi connectivity index (χ1) is 13.6. The first-order valence-corrected chi connectivity index (χ1v) is 9.60. The van der Waals surface area contributed by atoms with Gasteiger partial charge in [0.15, 0.2) is 0 Å². The summed E-state index contributed by atoms with van der Waals surface area (Å²) in [5.41, 5.74) is 3.05. The van der Waals surface area contributed by atoms with Gasteiger partial charge >= 0.3 is 0 Å². The number of carbonyl (C=O) groups excluding carboxylic acids is 1. The second-order valence-electron chi connectivity index (χ2n) is 6.94. The Balaban J connectivity index is 1.54. The lowest BCUT2D eigenvalue weighted by atomic mass is 9.94. The molecular formula is C22H19ClFN3O. The van der Waals surface area contributed by atoms with E-state index in [0.717, 1.165) is 29.8 Å². The van der Waals surface area contributed by atoms with E-state index < -0.39 is 0 Å². The molecule has 2 heterocycles. The van der Waals surface area contributed by atoms with E-state index in [-0.39, 0.29) is 17.6 Å². The van der Waals surface area contributed by atoms with Crippen molar-refractivity contribution in [2.75, 3.05) is 13.1 Å². The highest BCUT2D eigenvalue weighted by Gasteiger charge is 2.26. The molecule has 0 saturated carbocycles. The molecule has 1 amide bonds. The molecule has 1 saturated heterocycles. The number of rotatable bonds is 3. The maximum Gasteiger partial charge on any atom is 0.253 e. The van der Waals surface area contributed by atoms with E-state index in [1.165, 1.54) is 24.3 Å². The van der Waals surface area contributed by atoms with E-state index in [9.17, 15) is 9.18 Å². The topological polar surface area (TPSA) is 46.1 Å². The molecule has 1 aliphatic heterocycles. The van der Waals surface area contributed by atoms with Gasteiger partial charge in [-0.05, 0) is 49.2 Å². The highest BCUT2D eigenvalue weighted by molar-refractivity contribution is 6.30. The van der Waals surface area contributed by atoms with Gasteiger partial charge in [0.1, 0.15) is 5.82 Å². The number of likely N-dealkylation sites (tertiary alicyclic amines) is 1. The predicted molar refractivity (Wildman–Crippen MR) is 107 cm³/mol. The Bertz CT molecular complexity index is 993. The van der Waals surface area contributed by atoms with Crippen molar-refractivity contribution in [3.63, 3.8) is 0 Å². The van der Waals surface area contributed by atoms with Crippen LogP contribution in [-0.2, 0) is 0 Å². The fraction of sp³-hybridized carbons (Fsp3) is 0.227. The summed E-state index contributed by atoms with van der Waals surface area (Å²) in [4.78, 5) is 23.7. The number of aromatic nitrogens is 2. The van der Waals surface area contributed by atoms with E-state index in [2.05, 4.69) is 4.98 Å². The van der Waals surface area contributed by atoms with Crippen LogP contribution in [0.3, 0.4) is 0 Å². The molecule has 0 bridgehead atoms. The van der Waals surface area contributed by atoms with Gasteiger partial charge in [-0.2, -0.15) is 0 Å². The molecule has 142 valence electrons. The maximum absolute atomic E-state index is 13.1. The fourth-order valence-electron chi connectivity index (χ4n) is 3.54. The Morgan fingerprint density at radius 2 is 1.96 bits per heavy atom. The molecular weight excluding hydrogens is 377 g/mol. The van der Waals surface area contributed by atoms with E-state index in [4.69, 9.17) is 16.6 Å². The third-order valence-corrected chi connectivity index (χ3v) is 5.23. The minimum atomic E-state index is -0.346. The molecule has 6 heteroatoms. The van der Waals surface area contributed by atoms with Gasteiger partial charge < -0.3 is 4.90 Å². The summed E-state index contributed by atoms with van der Waals surface area (Å²) >= 11 is 6.09. The summed E-state index contributed by atoms with van der Waals surface area (Å²) in [5.74, 6) is -0.311.